The number of carbonyl (C=O) groups is 2. The smallest absolute Gasteiger partial charge is 0.158 e. The Morgan fingerprint density at radius 2 is 1.65 bits per heavy atom. The van der Waals surface area contributed by atoms with Crippen LogP contribution in [0.2, 0.25) is 0 Å². The average molecular weight is 366 g/mol. The van der Waals surface area contributed by atoms with E-state index in [9.17, 15) is 9.59 Å². The molecule has 17 heavy (non-hydrogen) atoms. The van der Waals surface area contributed by atoms with Gasteiger partial charge in [0.15, 0.2) is 11.6 Å². The van der Waals surface area contributed by atoms with Crippen LogP contribution in [0.3, 0.4) is 0 Å². The molecule has 0 bridgehead atoms. The second-order valence-corrected chi connectivity index (χ2v) is 4.78. The fourth-order valence-corrected chi connectivity index (χ4v) is 2.19. The number of carbonyl (C=O) groups excluding carboxylic acids is 2. The zero-order chi connectivity index (χ0) is 12.0. The quantitative estimate of drug-likeness (QED) is 0.568. The van der Waals surface area contributed by atoms with Crippen LogP contribution in [-0.2, 0) is 9.59 Å². The maximum Gasteiger partial charge on any atom is 0.158 e. The van der Waals surface area contributed by atoms with Crippen LogP contribution < -0.4 is 0 Å². The summed E-state index contributed by atoms with van der Waals surface area (Å²) >= 11 is 0. The molecule has 1 rings (SSSR count). The van der Waals surface area contributed by atoms with E-state index in [-0.39, 0.29) is 58.3 Å². The topological polar surface area (TPSA) is 34.1 Å². The van der Waals surface area contributed by atoms with Gasteiger partial charge in [0.25, 0.3) is 0 Å². The molecule has 0 aromatic heterocycles. The zero-order valence-corrected chi connectivity index (χ0v) is 14.0. The minimum atomic E-state index is -0.0524. The van der Waals surface area contributed by atoms with Crippen molar-refractivity contribution in [2.75, 3.05) is 0 Å². The van der Waals surface area contributed by atoms with E-state index < -0.39 is 0 Å². The average Bonchev–Trinajstić information content (AvgIpc) is 2.19. The molecule has 1 aliphatic carbocycles. The number of ketones is 2. The van der Waals surface area contributed by atoms with E-state index >= 15 is 0 Å². The van der Waals surface area contributed by atoms with Gasteiger partial charge in [-0.15, -0.1) is 0 Å². The monoisotopic (exact) mass is 363 g/mol. The largest absolute Gasteiger partial charge is 0.317 e. The summed E-state index contributed by atoms with van der Waals surface area (Å²) in [6, 6.07) is 0. The molecule has 0 aromatic carbocycles. The SMILES string of the molecule is CC(=O)/C=C/C(=O)C1CCC[C-](C)CCC1.[Nd]. The van der Waals surface area contributed by atoms with Crippen LogP contribution in [-0.4, -0.2) is 11.6 Å². The number of hydrogen-bond acceptors (Lipinski definition) is 2. The van der Waals surface area contributed by atoms with Crippen LogP contribution in [0, 0.1) is 52.7 Å². The second-order valence-electron chi connectivity index (χ2n) is 4.78. The summed E-state index contributed by atoms with van der Waals surface area (Å²) < 4.78 is 0. The number of rotatable bonds is 3. The molecule has 0 aliphatic heterocycles. The third-order valence-electron chi connectivity index (χ3n) is 3.20. The van der Waals surface area contributed by atoms with E-state index in [1.807, 2.05) is 0 Å². The van der Waals surface area contributed by atoms with Gasteiger partial charge in [0.05, 0.1) is 0 Å². The molecular formula is C14H21NdO2-. The van der Waals surface area contributed by atoms with E-state index in [0.29, 0.717) is 0 Å². The van der Waals surface area contributed by atoms with Crippen molar-refractivity contribution in [2.45, 2.75) is 52.4 Å². The Morgan fingerprint density at radius 1 is 1.12 bits per heavy atom. The molecule has 3 heteroatoms. The van der Waals surface area contributed by atoms with Gasteiger partial charge in [-0.1, -0.05) is 12.8 Å². The summed E-state index contributed by atoms with van der Waals surface area (Å²) in [7, 11) is 0. The van der Waals surface area contributed by atoms with Crippen LogP contribution in [0.25, 0.3) is 0 Å². The molecule has 2 nitrogen and oxygen atoms in total. The van der Waals surface area contributed by atoms with Crippen molar-refractivity contribution in [2.24, 2.45) is 5.92 Å². The number of hydrogen-bond donors (Lipinski definition) is 0. The van der Waals surface area contributed by atoms with Gasteiger partial charge in [-0.25, -0.2) is 0 Å². The van der Waals surface area contributed by atoms with E-state index in [1.165, 1.54) is 19.1 Å². The fourth-order valence-electron chi connectivity index (χ4n) is 2.19. The molecular weight excluding hydrogens is 344 g/mol. The Bertz CT molecular complexity index is 274. The van der Waals surface area contributed by atoms with E-state index in [4.69, 9.17) is 0 Å². The standard InChI is InChI=1S/C14H21O2.Nd/c1-11-5-3-7-13(8-4-6-11)14(16)10-9-12(2)15;/h9-10,13H,3-8H2,1-2H3;/q-1;/b10-9+;. The molecule has 0 N–H and O–H groups in total. The molecule has 0 saturated heterocycles. The number of allylic oxidation sites excluding steroid dienone is 2. The molecule has 1 saturated carbocycles. The normalized spacial score (nSPS) is 19.4. The molecule has 0 heterocycles. The van der Waals surface area contributed by atoms with Crippen molar-refractivity contribution in [3.05, 3.63) is 18.1 Å². The molecule has 0 amide bonds. The molecule has 0 aromatic rings. The maximum absolute atomic E-state index is 11.8. The first kappa shape index (κ1) is 17.4. The molecule has 0 radical (unpaired) electrons. The Morgan fingerprint density at radius 3 is 2.12 bits per heavy atom. The van der Waals surface area contributed by atoms with Gasteiger partial charge in [0.1, 0.15) is 0 Å². The van der Waals surface area contributed by atoms with Crippen molar-refractivity contribution in [1.82, 2.24) is 0 Å². The summed E-state index contributed by atoms with van der Waals surface area (Å²) in [5.74, 6) is 1.78. The minimum Gasteiger partial charge on any atom is -0.317 e. The molecule has 94 valence electrons. The van der Waals surface area contributed by atoms with Crippen molar-refractivity contribution in [1.29, 1.82) is 0 Å². The maximum atomic E-state index is 11.8. The molecule has 0 spiro atoms. The summed E-state index contributed by atoms with van der Waals surface area (Å²) in [6.07, 6.45) is 9.31. The van der Waals surface area contributed by atoms with E-state index in [2.05, 4.69) is 6.92 Å². The molecule has 1 aliphatic rings. The summed E-state index contributed by atoms with van der Waals surface area (Å²) in [6.45, 7) is 3.68. The molecule has 1 fully saturated rings. The predicted octanol–water partition coefficient (Wildman–Crippen LogP) is 3.27. The Balaban J connectivity index is 0.00000256. The summed E-state index contributed by atoms with van der Waals surface area (Å²) in [4.78, 5) is 22.6. The van der Waals surface area contributed by atoms with E-state index in [1.54, 1.807) is 5.92 Å². The van der Waals surface area contributed by atoms with Gasteiger partial charge in [-0.3, -0.25) is 9.59 Å². The van der Waals surface area contributed by atoms with Gasteiger partial charge in [-0.2, -0.15) is 19.8 Å². The van der Waals surface area contributed by atoms with Crippen LogP contribution in [0.15, 0.2) is 12.2 Å². The summed E-state index contributed by atoms with van der Waals surface area (Å²) in [5.41, 5.74) is 0. The third-order valence-corrected chi connectivity index (χ3v) is 3.20. The molecule has 0 unspecified atom stereocenters. The summed E-state index contributed by atoms with van der Waals surface area (Å²) in [5, 5.41) is 0. The predicted molar refractivity (Wildman–Crippen MR) is 64.9 cm³/mol. The first-order valence-corrected chi connectivity index (χ1v) is 6.13. The fraction of sp³-hybridized carbons (Fsp3) is 0.643. The van der Waals surface area contributed by atoms with Crippen LogP contribution in [0.5, 0.6) is 0 Å². The Hall–Kier alpha value is 0.431. The Labute approximate surface area is 137 Å². The first-order chi connectivity index (χ1) is 7.59. The van der Waals surface area contributed by atoms with Crippen LogP contribution >= 0.6 is 0 Å². The third kappa shape index (κ3) is 7.45. The second kappa shape index (κ2) is 9.37. The van der Waals surface area contributed by atoms with Gasteiger partial charge >= 0.3 is 0 Å². The van der Waals surface area contributed by atoms with Gasteiger partial charge in [0, 0.05) is 46.8 Å². The van der Waals surface area contributed by atoms with Crippen LogP contribution in [0.4, 0.5) is 0 Å². The van der Waals surface area contributed by atoms with Crippen LogP contribution in [0.1, 0.15) is 52.4 Å². The van der Waals surface area contributed by atoms with Crippen molar-refractivity contribution in [3.63, 3.8) is 0 Å². The van der Waals surface area contributed by atoms with Crippen molar-refractivity contribution < 1.29 is 50.4 Å². The van der Waals surface area contributed by atoms with Crippen molar-refractivity contribution in [3.8, 4) is 0 Å². The first-order valence-electron chi connectivity index (χ1n) is 6.13. The van der Waals surface area contributed by atoms with Gasteiger partial charge in [-0.05, 0) is 31.9 Å². The zero-order valence-electron chi connectivity index (χ0n) is 10.8. The Kier molecular flexibility index (Phi) is 9.61. The van der Waals surface area contributed by atoms with E-state index in [0.717, 1.165) is 38.5 Å². The minimum absolute atomic E-state index is 0. The molecule has 0 atom stereocenters. The van der Waals surface area contributed by atoms with Crippen molar-refractivity contribution >= 4 is 11.6 Å². The van der Waals surface area contributed by atoms with Gasteiger partial charge < -0.3 is 5.92 Å². The van der Waals surface area contributed by atoms with Gasteiger partial charge in [0.2, 0.25) is 0 Å².